The smallest absolute Gasteiger partial charge is 0.274 e. The van der Waals surface area contributed by atoms with Crippen molar-refractivity contribution in [2.45, 2.75) is 32.7 Å². The number of hydrogen-bond donors (Lipinski definition) is 1. The number of nitrogens with one attached hydrogen (secondary N) is 1. The largest absolute Gasteiger partial charge is 0.336 e. The van der Waals surface area contributed by atoms with Gasteiger partial charge in [0.15, 0.2) is 0 Å². The van der Waals surface area contributed by atoms with Crippen LogP contribution in [0, 0.1) is 31.0 Å². The van der Waals surface area contributed by atoms with Crippen molar-refractivity contribution in [3.8, 4) is 23.1 Å². The number of carbonyl (C=O) groups is 1. The van der Waals surface area contributed by atoms with Crippen LogP contribution >= 0.6 is 11.6 Å². The number of halogens is 2. The predicted octanol–water partition coefficient (Wildman–Crippen LogP) is 4.53. The highest BCUT2D eigenvalue weighted by atomic mass is 35.5. The molecule has 1 N–H and O–H groups in total. The monoisotopic (exact) mass is 519 g/mol. The minimum Gasteiger partial charge on any atom is -0.336 e. The van der Waals surface area contributed by atoms with E-state index in [0.29, 0.717) is 41.0 Å². The van der Waals surface area contributed by atoms with Crippen LogP contribution in [-0.2, 0) is 7.05 Å². The average molecular weight is 520 g/mol. The molecule has 0 saturated carbocycles. The molecule has 8 nitrogen and oxygen atoms in total. The first-order valence-electron chi connectivity index (χ1n) is 12.1. The molecular weight excluding hydrogens is 493 g/mol. The molecule has 1 fully saturated rings. The van der Waals surface area contributed by atoms with Crippen molar-refractivity contribution in [2.75, 3.05) is 20.1 Å². The summed E-state index contributed by atoms with van der Waals surface area (Å²) in [7, 11) is 3.68. The fourth-order valence-electron chi connectivity index (χ4n) is 5.03. The SMILES string of the molecule is CN[C@H]1CCCN(C(=O)c2nc(-c3ccc(C#N)c(F)c3)n(-c3cc4c(Cl)n(C)nc4cc3C)c2C)C1. The summed E-state index contributed by atoms with van der Waals surface area (Å²) in [5, 5.41) is 18.2. The van der Waals surface area contributed by atoms with Crippen molar-refractivity contribution in [2.24, 2.45) is 7.05 Å². The zero-order valence-corrected chi connectivity index (χ0v) is 21.9. The number of likely N-dealkylation sites (N-methyl/N-ethyl adjacent to an activating group) is 1. The van der Waals surface area contributed by atoms with E-state index < -0.39 is 5.82 Å². The second-order valence-corrected chi connectivity index (χ2v) is 9.82. The van der Waals surface area contributed by atoms with E-state index in [1.54, 1.807) is 17.8 Å². The quantitative estimate of drug-likeness (QED) is 0.427. The molecule has 1 amide bonds. The van der Waals surface area contributed by atoms with Crippen molar-refractivity contribution >= 4 is 28.4 Å². The van der Waals surface area contributed by atoms with Gasteiger partial charge in [0.2, 0.25) is 0 Å². The second kappa shape index (κ2) is 9.61. The highest BCUT2D eigenvalue weighted by Gasteiger charge is 2.29. The summed E-state index contributed by atoms with van der Waals surface area (Å²) in [5.41, 5.74) is 3.76. The number of aryl methyl sites for hydroxylation is 2. The lowest BCUT2D eigenvalue weighted by Crippen LogP contribution is -2.47. The molecule has 1 atom stereocenters. The number of amides is 1. The molecule has 0 unspecified atom stereocenters. The van der Waals surface area contributed by atoms with Crippen LogP contribution in [0.1, 0.15) is 40.2 Å². The molecule has 2 aromatic carbocycles. The molecule has 4 aromatic rings. The summed E-state index contributed by atoms with van der Waals surface area (Å²) in [4.78, 5) is 20.3. The molecular formula is C27H27ClFN7O. The molecule has 2 aromatic heterocycles. The molecule has 37 heavy (non-hydrogen) atoms. The van der Waals surface area contributed by atoms with Crippen molar-refractivity contribution < 1.29 is 9.18 Å². The van der Waals surface area contributed by atoms with Gasteiger partial charge in [0.25, 0.3) is 5.91 Å². The number of nitriles is 1. The van der Waals surface area contributed by atoms with E-state index in [9.17, 15) is 14.4 Å². The minimum atomic E-state index is -0.643. The third kappa shape index (κ3) is 4.26. The zero-order chi connectivity index (χ0) is 26.4. The van der Waals surface area contributed by atoms with Gasteiger partial charge in [0, 0.05) is 37.1 Å². The molecule has 0 radical (unpaired) electrons. The van der Waals surface area contributed by atoms with Crippen LogP contribution in [-0.4, -0.2) is 56.3 Å². The lowest BCUT2D eigenvalue weighted by Gasteiger charge is -2.32. The Bertz CT molecular complexity index is 1580. The maximum atomic E-state index is 14.7. The van der Waals surface area contributed by atoms with Crippen LogP contribution in [0.4, 0.5) is 4.39 Å². The van der Waals surface area contributed by atoms with Gasteiger partial charge in [-0.3, -0.25) is 14.0 Å². The van der Waals surface area contributed by atoms with Crippen LogP contribution < -0.4 is 5.32 Å². The normalized spacial score (nSPS) is 15.8. The van der Waals surface area contributed by atoms with Crippen LogP contribution in [0.15, 0.2) is 30.3 Å². The first-order chi connectivity index (χ1) is 17.7. The fourth-order valence-corrected chi connectivity index (χ4v) is 5.22. The molecule has 0 bridgehead atoms. The fraction of sp³-hybridized carbons (Fsp3) is 0.333. The number of hydrogen-bond acceptors (Lipinski definition) is 5. The van der Waals surface area contributed by atoms with Gasteiger partial charge in [-0.15, -0.1) is 0 Å². The lowest BCUT2D eigenvalue weighted by atomic mass is 10.1. The van der Waals surface area contributed by atoms with Crippen molar-refractivity contribution in [1.82, 2.24) is 29.5 Å². The Morgan fingerprint density at radius 2 is 2.05 bits per heavy atom. The number of likely N-dealkylation sites (tertiary alicyclic amines) is 1. The highest BCUT2D eigenvalue weighted by Crippen LogP contribution is 2.33. The molecule has 10 heteroatoms. The van der Waals surface area contributed by atoms with E-state index in [0.717, 1.165) is 35.0 Å². The van der Waals surface area contributed by atoms with Gasteiger partial charge in [-0.2, -0.15) is 10.4 Å². The predicted molar refractivity (Wildman–Crippen MR) is 140 cm³/mol. The summed E-state index contributed by atoms with van der Waals surface area (Å²) in [6, 6.07) is 10.3. The zero-order valence-electron chi connectivity index (χ0n) is 21.1. The van der Waals surface area contributed by atoms with Crippen molar-refractivity contribution in [1.29, 1.82) is 5.26 Å². The van der Waals surface area contributed by atoms with Crippen molar-refractivity contribution in [3.63, 3.8) is 0 Å². The Labute approximate surface area is 219 Å². The Morgan fingerprint density at radius 3 is 2.76 bits per heavy atom. The Morgan fingerprint density at radius 1 is 1.27 bits per heavy atom. The number of imidazole rings is 1. The number of rotatable bonds is 4. The number of benzene rings is 2. The molecule has 0 spiro atoms. The van der Waals surface area contributed by atoms with Crippen LogP contribution in [0.25, 0.3) is 28.0 Å². The molecule has 5 rings (SSSR count). The van der Waals surface area contributed by atoms with Crippen LogP contribution in [0.2, 0.25) is 5.15 Å². The van der Waals surface area contributed by atoms with Gasteiger partial charge >= 0.3 is 0 Å². The number of nitrogens with zero attached hydrogens (tertiary/aromatic N) is 6. The summed E-state index contributed by atoms with van der Waals surface area (Å²) in [6.07, 6.45) is 1.91. The second-order valence-electron chi connectivity index (χ2n) is 9.46. The molecule has 190 valence electrons. The van der Waals surface area contributed by atoms with Gasteiger partial charge in [0.1, 0.15) is 28.6 Å². The van der Waals surface area contributed by atoms with Gasteiger partial charge in [0.05, 0.1) is 22.5 Å². The molecule has 1 saturated heterocycles. The molecule has 0 aliphatic carbocycles. The van der Waals surface area contributed by atoms with E-state index in [1.165, 1.54) is 12.1 Å². The van der Waals surface area contributed by atoms with Crippen LogP contribution in [0.5, 0.6) is 0 Å². The van der Waals surface area contributed by atoms with E-state index >= 15 is 0 Å². The highest BCUT2D eigenvalue weighted by molar-refractivity contribution is 6.34. The van der Waals surface area contributed by atoms with Gasteiger partial charge in [-0.05, 0) is 69.6 Å². The molecule has 1 aliphatic heterocycles. The molecule has 3 heterocycles. The summed E-state index contributed by atoms with van der Waals surface area (Å²) >= 11 is 6.52. The maximum Gasteiger partial charge on any atom is 0.274 e. The van der Waals surface area contributed by atoms with E-state index in [-0.39, 0.29) is 17.5 Å². The number of carbonyl (C=O) groups excluding carboxylic acids is 1. The summed E-state index contributed by atoms with van der Waals surface area (Å²) < 4.78 is 18.2. The first kappa shape index (κ1) is 24.9. The summed E-state index contributed by atoms with van der Waals surface area (Å²) in [6.45, 7) is 5.04. The average Bonchev–Trinajstić information content (AvgIpc) is 3.38. The Kier molecular flexibility index (Phi) is 6.48. The lowest BCUT2D eigenvalue weighted by molar-refractivity contribution is 0.0692. The topological polar surface area (TPSA) is 91.8 Å². The number of fused-ring (bicyclic) bond motifs is 1. The van der Waals surface area contributed by atoms with Gasteiger partial charge in [-0.25, -0.2) is 9.37 Å². The number of aromatic nitrogens is 4. The van der Waals surface area contributed by atoms with E-state index in [4.69, 9.17) is 16.6 Å². The number of piperidine rings is 1. The summed E-state index contributed by atoms with van der Waals surface area (Å²) in [5.74, 6) is -0.394. The first-order valence-corrected chi connectivity index (χ1v) is 12.5. The van der Waals surface area contributed by atoms with E-state index in [2.05, 4.69) is 10.4 Å². The van der Waals surface area contributed by atoms with Gasteiger partial charge in [-0.1, -0.05) is 11.6 Å². The Hall–Kier alpha value is -3.74. The third-order valence-electron chi connectivity index (χ3n) is 7.09. The van der Waals surface area contributed by atoms with Crippen molar-refractivity contribution in [3.05, 3.63) is 63.8 Å². The standard InChI is InChI=1S/C27H27ClFN7O/c1-15-10-22-20(25(28)34(4)33-22)12-23(15)36-16(2)24(27(37)35-9-5-6-19(14-35)31-3)32-26(36)17-7-8-18(13-30)21(29)11-17/h7-8,10-12,19,31H,5-6,9,14H2,1-4H3/t19-/m0/s1. The third-order valence-corrected chi connectivity index (χ3v) is 7.54. The molecule has 1 aliphatic rings. The minimum absolute atomic E-state index is 0.0546. The maximum absolute atomic E-state index is 14.7. The van der Waals surface area contributed by atoms with E-state index in [1.807, 2.05) is 48.6 Å². The van der Waals surface area contributed by atoms with Crippen LogP contribution in [0.3, 0.4) is 0 Å². The van der Waals surface area contributed by atoms with Gasteiger partial charge < -0.3 is 10.2 Å². The Balaban J connectivity index is 1.72.